The van der Waals surface area contributed by atoms with Crippen molar-refractivity contribution in [3.8, 4) is 5.75 Å². The molecule has 0 saturated carbocycles. The van der Waals surface area contributed by atoms with E-state index in [-0.39, 0.29) is 11.9 Å². The second-order valence-electron chi connectivity index (χ2n) is 5.35. The molecule has 0 heterocycles. The Bertz CT molecular complexity index is 471. The average molecular weight is 262 g/mol. The lowest BCUT2D eigenvalue weighted by Gasteiger charge is -2.24. The number of ether oxygens (including phenoxy) is 1. The normalized spacial score (nSPS) is 19.5. The number of carbonyl (C=O) groups is 1. The number of nitrogens with two attached hydrogens (primary N) is 1. The fourth-order valence-electron chi connectivity index (χ4n) is 2.52. The van der Waals surface area contributed by atoms with Gasteiger partial charge in [-0.1, -0.05) is 6.07 Å². The molecule has 0 spiro atoms. The van der Waals surface area contributed by atoms with E-state index < -0.39 is 6.10 Å². The van der Waals surface area contributed by atoms with E-state index in [0.717, 1.165) is 25.0 Å². The summed E-state index contributed by atoms with van der Waals surface area (Å²) in [6.07, 6.45) is 2.73. The van der Waals surface area contributed by atoms with Crippen LogP contribution in [0.4, 0.5) is 0 Å². The Hall–Kier alpha value is -1.55. The molecule has 4 nitrogen and oxygen atoms in total. The van der Waals surface area contributed by atoms with Gasteiger partial charge >= 0.3 is 0 Å². The predicted molar refractivity (Wildman–Crippen MR) is 75.1 cm³/mol. The first kappa shape index (κ1) is 13.9. The molecule has 1 aromatic carbocycles. The SMILES string of the molecule is CC(Oc1ccc2c(c1)CCCC2N)C(=O)N(C)C. The summed E-state index contributed by atoms with van der Waals surface area (Å²) < 4.78 is 5.71. The fraction of sp³-hybridized carbons (Fsp3) is 0.533. The average Bonchev–Trinajstić information content (AvgIpc) is 2.37. The standard InChI is InChI=1S/C15H22N2O2/c1-10(15(18)17(2)3)19-12-7-8-13-11(9-12)5-4-6-14(13)16/h7-10,14H,4-6,16H2,1-3H3. The van der Waals surface area contributed by atoms with Crippen molar-refractivity contribution in [3.63, 3.8) is 0 Å². The van der Waals surface area contributed by atoms with Gasteiger partial charge in [-0.15, -0.1) is 0 Å². The van der Waals surface area contributed by atoms with Crippen LogP contribution in [0.25, 0.3) is 0 Å². The molecule has 0 saturated heterocycles. The number of nitrogens with zero attached hydrogens (tertiary/aromatic N) is 1. The third-order valence-corrected chi connectivity index (χ3v) is 3.58. The van der Waals surface area contributed by atoms with Gasteiger partial charge in [-0.25, -0.2) is 0 Å². The summed E-state index contributed by atoms with van der Waals surface area (Å²) in [5.74, 6) is 0.713. The molecule has 0 bridgehead atoms. The Kier molecular flexibility index (Phi) is 4.10. The Balaban J connectivity index is 2.12. The van der Waals surface area contributed by atoms with E-state index >= 15 is 0 Å². The van der Waals surface area contributed by atoms with Gasteiger partial charge in [0.25, 0.3) is 5.91 Å². The molecule has 2 unspecified atom stereocenters. The molecule has 1 aliphatic rings. The number of rotatable bonds is 3. The van der Waals surface area contributed by atoms with E-state index in [1.807, 2.05) is 18.2 Å². The molecule has 2 rings (SSSR count). The highest BCUT2D eigenvalue weighted by Crippen LogP contribution is 2.30. The number of carbonyl (C=O) groups excluding carboxylic acids is 1. The zero-order valence-electron chi connectivity index (χ0n) is 11.8. The van der Waals surface area contributed by atoms with E-state index in [2.05, 4.69) is 0 Å². The number of aryl methyl sites for hydroxylation is 1. The number of hydrogen-bond donors (Lipinski definition) is 1. The van der Waals surface area contributed by atoms with Crippen molar-refractivity contribution < 1.29 is 9.53 Å². The predicted octanol–water partition coefficient (Wildman–Crippen LogP) is 1.88. The second kappa shape index (κ2) is 5.61. The molecule has 0 radical (unpaired) electrons. The number of hydrogen-bond acceptors (Lipinski definition) is 3. The summed E-state index contributed by atoms with van der Waals surface area (Å²) in [5, 5.41) is 0. The third kappa shape index (κ3) is 3.07. The number of likely N-dealkylation sites (N-methyl/N-ethyl adjacent to an activating group) is 1. The van der Waals surface area contributed by atoms with E-state index in [4.69, 9.17) is 10.5 Å². The Morgan fingerprint density at radius 1 is 1.47 bits per heavy atom. The van der Waals surface area contributed by atoms with Crippen molar-refractivity contribution in [3.05, 3.63) is 29.3 Å². The van der Waals surface area contributed by atoms with Gasteiger partial charge in [0.1, 0.15) is 5.75 Å². The molecule has 0 fully saturated rings. The van der Waals surface area contributed by atoms with Gasteiger partial charge in [-0.05, 0) is 49.4 Å². The molecule has 2 atom stereocenters. The van der Waals surface area contributed by atoms with Gasteiger partial charge in [0, 0.05) is 20.1 Å². The fourth-order valence-corrected chi connectivity index (χ4v) is 2.52. The van der Waals surface area contributed by atoms with E-state index in [9.17, 15) is 4.79 Å². The van der Waals surface area contributed by atoms with E-state index in [1.54, 1.807) is 25.9 Å². The molecule has 1 aromatic rings. The molecule has 2 N–H and O–H groups in total. The summed E-state index contributed by atoms with van der Waals surface area (Å²) in [6, 6.07) is 6.09. The van der Waals surface area contributed by atoms with Crippen molar-refractivity contribution in [2.45, 2.75) is 38.3 Å². The lowest BCUT2D eigenvalue weighted by Crippen LogP contribution is -2.35. The topological polar surface area (TPSA) is 55.6 Å². The van der Waals surface area contributed by atoms with E-state index in [0.29, 0.717) is 0 Å². The van der Waals surface area contributed by atoms with Gasteiger partial charge in [0.15, 0.2) is 6.10 Å². The summed E-state index contributed by atoms with van der Waals surface area (Å²) in [5.41, 5.74) is 8.55. The molecule has 1 amide bonds. The highest BCUT2D eigenvalue weighted by Gasteiger charge is 2.20. The second-order valence-corrected chi connectivity index (χ2v) is 5.35. The first-order valence-electron chi connectivity index (χ1n) is 6.75. The number of amides is 1. The van der Waals surface area contributed by atoms with Gasteiger partial charge < -0.3 is 15.4 Å². The largest absolute Gasteiger partial charge is 0.481 e. The van der Waals surface area contributed by atoms with Gasteiger partial charge in [0.2, 0.25) is 0 Å². The van der Waals surface area contributed by atoms with Crippen LogP contribution in [-0.4, -0.2) is 31.0 Å². The first-order valence-corrected chi connectivity index (χ1v) is 6.75. The van der Waals surface area contributed by atoms with Crippen LogP contribution < -0.4 is 10.5 Å². The number of benzene rings is 1. The van der Waals surface area contributed by atoms with Crippen molar-refractivity contribution >= 4 is 5.91 Å². The minimum absolute atomic E-state index is 0.0329. The van der Waals surface area contributed by atoms with Crippen LogP contribution in [-0.2, 0) is 11.2 Å². The Labute approximate surface area is 114 Å². The van der Waals surface area contributed by atoms with Crippen LogP contribution in [0.2, 0.25) is 0 Å². The number of fused-ring (bicyclic) bond motifs is 1. The molecule has 4 heteroatoms. The zero-order valence-corrected chi connectivity index (χ0v) is 11.8. The van der Waals surface area contributed by atoms with Gasteiger partial charge in [-0.3, -0.25) is 4.79 Å². The van der Waals surface area contributed by atoms with Gasteiger partial charge in [-0.2, -0.15) is 0 Å². The quantitative estimate of drug-likeness (QED) is 0.905. The Morgan fingerprint density at radius 2 is 2.21 bits per heavy atom. The van der Waals surface area contributed by atoms with Crippen molar-refractivity contribution in [1.29, 1.82) is 0 Å². The maximum absolute atomic E-state index is 11.8. The molecule has 19 heavy (non-hydrogen) atoms. The lowest BCUT2D eigenvalue weighted by atomic mass is 9.88. The first-order chi connectivity index (χ1) is 8.99. The minimum atomic E-state index is -0.467. The molecule has 1 aliphatic carbocycles. The van der Waals surface area contributed by atoms with Crippen molar-refractivity contribution in [2.75, 3.05) is 14.1 Å². The van der Waals surface area contributed by atoms with Crippen molar-refractivity contribution in [1.82, 2.24) is 4.90 Å². The molecule has 0 aromatic heterocycles. The molecular formula is C15H22N2O2. The summed E-state index contributed by atoms with van der Waals surface area (Å²) >= 11 is 0. The Morgan fingerprint density at radius 3 is 2.89 bits per heavy atom. The summed E-state index contributed by atoms with van der Waals surface area (Å²) in [6.45, 7) is 1.77. The summed E-state index contributed by atoms with van der Waals surface area (Å²) in [4.78, 5) is 13.3. The van der Waals surface area contributed by atoms with E-state index in [1.165, 1.54) is 11.1 Å². The maximum atomic E-state index is 11.8. The zero-order chi connectivity index (χ0) is 14.0. The lowest BCUT2D eigenvalue weighted by molar-refractivity contribution is -0.135. The van der Waals surface area contributed by atoms with Crippen LogP contribution in [0.3, 0.4) is 0 Å². The monoisotopic (exact) mass is 262 g/mol. The van der Waals surface area contributed by atoms with Crippen LogP contribution in [0, 0.1) is 0 Å². The van der Waals surface area contributed by atoms with Crippen LogP contribution >= 0.6 is 0 Å². The van der Waals surface area contributed by atoms with Gasteiger partial charge in [0.05, 0.1) is 0 Å². The van der Waals surface area contributed by atoms with Crippen molar-refractivity contribution in [2.24, 2.45) is 5.73 Å². The third-order valence-electron chi connectivity index (χ3n) is 3.58. The van der Waals surface area contributed by atoms with Crippen LogP contribution in [0.15, 0.2) is 18.2 Å². The molecular weight excluding hydrogens is 240 g/mol. The smallest absolute Gasteiger partial charge is 0.262 e. The molecule has 0 aliphatic heterocycles. The van der Waals surface area contributed by atoms with Crippen LogP contribution in [0.1, 0.15) is 36.9 Å². The highest BCUT2D eigenvalue weighted by molar-refractivity contribution is 5.80. The summed E-state index contributed by atoms with van der Waals surface area (Å²) in [7, 11) is 3.46. The highest BCUT2D eigenvalue weighted by atomic mass is 16.5. The molecule has 104 valence electrons. The minimum Gasteiger partial charge on any atom is -0.481 e. The van der Waals surface area contributed by atoms with Crippen LogP contribution in [0.5, 0.6) is 5.75 Å². The maximum Gasteiger partial charge on any atom is 0.262 e.